The number of halogens is 3. The number of carbonyl (C=O) groups is 2. The molecule has 2 rings (SSSR count). The first-order valence-electron chi connectivity index (χ1n) is 9.67. The summed E-state index contributed by atoms with van der Waals surface area (Å²) in [4.78, 5) is 24.2. The van der Waals surface area contributed by atoms with Gasteiger partial charge in [-0.3, -0.25) is 9.59 Å². The molecule has 12 heteroatoms. The van der Waals surface area contributed by atoms with E-state index in [2.05, 4.69) is 22.2 Å². The van der Waals surface area contributed by atoms with E-state index in [0.29, 0.717) is 31.7 Å². The summed E-state index contributed by atoms with van der Waals surface area (Å²) in [6.07, 6.45) is -0.108. The van der Waals surface area contributed by atoms with Gasteiger partial charge >= 0.3 is 6.18 Å². The first-order chi connectivity index (χ1) is 15.2. The number of unbranched alkanes of at least 4 members (excludes halogenated alkanes) is 1. The fourth-order valence-electron chi connectivity index (χ4n) is 2.50. The van der Waals surface area contributed by atoms with Gasteiger partial charge in [0, 0.05) is 19.2 Å². The zero-order chi connectivity index (χ0) is 23.6. The summed E-state index contributed by atoms with van der Waals surface area (Å²) in [6, 6.07) is 4.10. The predicted octanol–water partition coefficient (Wildman–Crippen LogP) is 2.28. The molecular weight excluding hydrogens is 431 g/mol. The Bertz CT molecular complexity index is 930. The van der Waals surface area contributed by atoms with Crippen LogP contribution in [0, 0.1) is 0 Å². The number of alkyl halides is 3. The van der Waals surface area contributed by atoms with Gasteiger partial charge in [0.25, 0.3) is 11.8 Å². The van der Waals surface area contributed by atoms with Crippen LogP contribution in [0.4, 0.5) is 13.2 Å². The molecule has 2 amide bonds. The molecule has 32 heavy (non-hydrogen) atoms. The first-order valence-corrected chi connectivity index (χ1v) is 9.67. The second kappa shape index (κ2) is 11.8. The number of amides is 2. The van der Waals surface area contributed by atoms with E-state index < -0.39 is 24.5 Å². The summed E-state index contributed by atoms with van der Waals surface area (Å²) >= 11 is 0. The van der Waals surface area contributed by atoms with Crippen LogP contribution < -0.4 is 15.4 Å². The second-order valence-corrected chi connectivity index (χ2v) is 6.56. The molecule has 0 aliphatic carbocycles. The molecule has 1 aromatic heterocycles. The molecule has 0 radical (unpaired) electrons. The maximum atomic E-state index is 12.4. The van der Waals surface area contributed by atoms with Crippen molar-refractivity contribution in [3.8, 4) is 11.4 Å². The van der Waals surface area contributed by atoms with Gasteiger partial charge in [-0.25, -0.2) is 4.68 Å². The lowest BCUT2D eigenvalue weighted by Crippen LogP contribution is -2.33. The number of nitrogens with zero attached hydrogens (tertiary/aromatic N) is 3. The number of ether oxygens (including phenoxy) is 2. The zero-order valence-corrected chi connectivity index (χ0v) is 17.4. The molecule has 0 saturated carbocycles. The summed E-state index contributed by atoms with van der Waals surface area (Å²) in [5.74, 6) is -1.16. The molecule has 0 spiro atoms. The van der Waals surface area contributed by atoms with Gasteiger partial charge in [0.05, 0.1) is 19.4 Å². The maximum Gasteiger partial charge on any atom is 0.405 e. The van der Waals surface area contributed by atoms with Gasteiger partial charge in [0.1, 0.15) is 18.0 Å². The molecule has 0 aliphatic rings. The van der Waals surface area contributed by atoms with Crippen molar-refractivity contribution < 1.29 is 32.2 Å². The molecule has 174 valence electrons. The first kappa shape index (κ1) is 24.9. The minimum Gasteiger partial charge on any atom is -0.491 e. The van der Waals surface area contributed by atoms with Gasteiger partial charge < -0.3 is 20.1 Å². The summed E-state index contributed by atoms with van der Waals surface area (Å²) in [7, 11) is 1.51. The van der Waals surface area contributed by atoms with Crippen LogP contribution in [0.5, 0.6) is 5.75 Å². The number of aromatic nitrogens is 3. The Morgan fingerprint density at radius 2 is 2.00 bits per heavy atom. The van der Waals surface area contributed by atoms with Crippen molar-refractivity contribution in [3.05, 3.63) is 48.3 Å². The fraction of sp³-hybridized carbons (Fsp3) is 0.400. The Hall–Kier alpha value is -3.41. The number of hydrogen-bond donors (Lipinski definition) is 2. The molecule has 0 aliphatic heterocycles. The summed E-state index contributed by atoms with van der Waals surface area (Å²) in [6.45, 7) is 3.07. The molecule has 1 heterocycles. The van der Waals surface area contributed by atoms with Crippen LogP contribution in [-0.4, -0.2) is 66.4 Å². The molecule has 0 saturated heterocycles. The van der Waals surface area contributed by atoms with Gasteiger partial charge in [-0.2, -0.15) is 13.2 Å². The summed E-state index contributed by atoms with van der Waals surface area (Å²) in [5, 5.41) is 12.2. The standard InChI is InChI=1S/C20H24F3N5O4/c1-3-4-5-9-32-17-11-14(18(29)25-13-20(21,22)23)6-7-16(17)28-12-15(26-27-28)19(30)24-8-10-31-2/h3,6-7,11-12H,1,4-5,8-10,13H2,2H3,(H,24,30)(H,25,29). The number of allylic oxidation sites excluding steroid dienone is 1. The highest BCUT2D eigenvalue weighted by atomic mass is 19.4. The van der Waals surface area contributed by atoms with Crippen LogP contribution in [0.2, 0.25) is 0 Å². The van der Waals surface area contributed by atoms with E-state index in [4.69, 9.17) is 9.47 Å². The highest BCUT2D eigenvalue weighted by Crippen LogP contribution is 2.25. The van der Waals surface area contributed by atoms with Crippen LogP contribution in [0.3, 0.4) is 0 Å². The third-order valence-corrected chi connectivity index (χ3v) is 4.05. The van der Waals surface area contributed by atoms with E-state index in [1.165, 1.54) is 36.2 Å². The van der Waals surface area contributed by atoms with Gasteiger partial charge in [-0.1, -0.05) is 11.3 Å². The highest BCUT2D eigenvalue weighted by Gasteiger charge is 2.28. The molecule has 0 atom stereocenters. The molecule has 1 aromatic carbocycles. The minimum atomic E-state index is -4.53. The highest BCUT2D eigenvalue weighted by molar-refractivity contribution is 5.95. The van der Waals surface area contributed by atoms with E-state index in [9.17, 15) is 22.8 Å². The molecule has 0 fully saturated rings. The number of nitrogens with one attached hydrogen (secondary N) is 2. The van der Waals surface area contributed by atoms with Crippen molar-refractivity contribution in [3.63, 3.8) is 0 Å². The van der Waals surface area contributed by atoms with Gasteiger partial charge in [-0.15, -0.1) is 11.7 Å². The normalized spacial score (nSPS) is 11.1. The van der Waals surface area contributed by atoms with E-state index in [0.717, 1.165) is 0 Å². The zero-order valence-electron chi connectivity index (χ0n) is 17.4. The monoisotopic (exact) mass is 455 g/mol. The number of methoxy groups -OCH3 is 1. The third-order valence-electron chi connectivity index (χ3n) is 4.05. The van der Waals surface area contributed by atoms with Gasteiger partial charge in [-0.05, 0) is 31.0 Å². The van der Waals surface area contributed by atoms with Crippen LogP contribution in [0.25, 0.3) is 5.69 Å². The number of carbonyl (C=O) groups excluding carboxylic acids is 2. The van der Waals surface area contributed by atoms with Crippen molar-refractivity contribution in [1.82, 2.24) is 25.6 Å². The van der Waals surface area contributed by atoms with Crippen molar-refractivity contribution in [2.45, 2.75) is 19.0 Å². The van der Waals surface area contributed by atoms with Crippen LogP contribution in [-0.2, 0) is 4.74 Å². The smallest absolute Gasteiger partial charge is 0.405 e. The maximum absolute atomic E-state index is 12.4. The van der Waals surface area contributed by atoms with Crippen LogP contribution in [0.1, 0.15) is 33.7 Å². The Balaban J connectivity index is 2.24. The average Bonchev–Trinajstić information content (AvgIpc) is 3.24. The van der Waals surface area contributed by atoms with E-state index >= 15 is 0 Å². The Kier molecular flexibility index (Phi) is 9.20. The van der Waals surface area contributed by atoms with Crippen molar-refractivity contribution in [2.24, 2.45) is 0 Å². The van der Waals surface area contributed by atoms with Gasteiger partial charge in [0.2, 0.25) is 0 Å². The van der Waals surface area contributed by atoms with Crippen molar-refractivity contribution >= 4 is 11.8 Å². The lowest BCUT2D eigenvalue weighted by Gasteiger charge is -2.13. The largest absolute Gasteiger partial charge is 0.491 e. The van der Waals surface area contributed by atoms with E-state index in [-0.39, 0.29) is 23.6 Å². The molecular formula is C20H24F3N5O4. The van der Waals surface area contributed by atoms with Crippen molar-refractivity contribution in [1.29, 1.82) is 0 Å². The third kappa shape index (κ3) is 7.69. The SMILES string of the molecule is C=CCCCOc1cc(C(=O)NCC(F)(F)F)ccc1-n1cc(C(=O)NCCOC)nn1. The van der Waals surface area contributed by atoms with Gasteiger partial charge in [0.15, 0.2) is 5.69 Å². The molecule has 9 nitrogen and oxygen atoms in total. The molecule has 2 aromatic rings. The van der Waals surface area contributed by atoms with Crippen LogP contribution in [0.15, 0.2) is 37.1 Å². The van der Waals surface area contributed by atoms with E-state index in [1.54, 1.807) is 6.08 Å². The number of benzene rings is 1. The number of hydrogen-bond acceptors (Lipinski definition) is 6. The molecule has 0 bridgehead atoms. The second-order valence-electron chi connectivity index (χ2n) is 6.56. The van der Waals surface area contributed by atoms with Crippen molar-refractivity contribution in [2.75, 3.05) is 33.4 Å². The Morgan fingerprint density at radius 3 is 2.69 bits per heavy atom. The quantitative estimate of drug-likeness (QED) is 0.376. The number of rotatable bonds is 12. The Morgan fingerprint density at radius 1 is 1.22 bits per heavy atom. The lowest BCUT2D eigenvalue weighted by molar-refractivity contribution is -0.123. The predicted molar refractivity (Wildman–Crippen MR) is 109 cm³/mol. The molecule has 2 N–H and O–H groups in total. The topological polar surface area (TPSA) is 107 Å². The average molecular weight is 455 g/mol. The van der Waals surface area contributed by atoms with E-state index in [1.807, 2.05) is 5.32 Å². The summed E-state index contributed by atoms with van der Waals surface area (Å²) < 4.78 is 49.1. The summed E-state index contributed by atoms with van der Waals surface area (Å²) in [5.41, 5.74) is 0.388. The molecule has 0 unspecified atom stereocenters. The fourth-order valence-corrected chi connectivity index (χ4v) is 2.50. The minimum absolute atomic E-state index is 0.0191. The lowest BCUT2D eigenvalue weighted by atomic mass is 10.1. The van der Waals surface area contributed by atoms with Crippen LogP contribution >= 0.6 is 0 Å². The Labute approximate surface area is 182 Å².